The summed E-state index contributed by atoms with van der Waals surface area (Å²) in [5.41, 5.74) is 1.02. The highest BCUT2D eigenvalue weighted by atomic mass is 35.5. The van der Waals surface area contributed by atoms with Crippen LogP contribution in [0.15, 0.2) is 52.3 Å². The number of aromatic carboxylic acids is 1. The van der Waals surface area contributed by atoms with Crippen molar-refractivity contribution in [1.29, 1.82) is 0 Å². The second-order valence-corrected chi connectivity index (χ2v) is 6.77. The first kappa shape index (κ1) is 15.3. The van der Waals surface area contributed by atoms with E-state index in [-0.39, 0.29) is 5.69 Å². The van der Waals surface area contributed by atoms with E-state index in [2.05, 4.69) is 0 Å². The summed E-state index contributed by atoms with van der Waals surface area (Å²) < 4.78 is 1.63. The first-order valence-electron chi connectivity index (χ1n) is 6.41. The molecule has 0 unspecified atom stereocenters. The Labute approximate surface area is 141 Å². The van der Waals surface area contributed by atoms with Crippen LogP contribution in [0.2, 0.25) is 10.0 Å². The van der Waals surface area contributed by atoms with Crippen LogP contribution in [0.3, 0.4) is 0 Å². The van der Waals surface area contributed by atoms with Crippen molar-refractivity contribution in [2.75, 3.05) is 0 Å². The Morgan fingerprint density at radius 3 is 2.41 bits per heavy atom. The number of carbonyl (C=O) groups is 1. The van der Waals surface area contributed by atoms with Gasteiger partial charge in [-0.2, -0.15) is 0 Å². The number of carboxylic acids is 1. The molecule has 22 heavy (non-hydrogen) atoms. The Morgan fingerprint density at radius 1 is 1.09 bits per heavy atom. The van der Waals surface area contributed by atoms with E-state index in [1.807, 2.05) is 30.3 Å². The molecule has 0 saturated heterocycles. The Kier molecular flexibility index (Phi) is 4.08. The number of hydrogen-bond donors (Lipinski definition) is 1. The standard InChI is InChI=1S/C16H11Cl2NO2S/c1-19-13-6-10(18)7-15(12(13)8-14(19)16(20)21)22-11-4-2-9(17)3-5-11/h2-8H,1H3,(H,20,21). The lowest BCUT2D eigenvalue weighted by molar-refractivity contribution is 0.0687. The molecule has 0 atom stereocenters. The number of fused-ring (bicyclic) bond motifs is 1. The fourth-order valence-electron chi connectivity index (χ4n) is 2.28. The zero-order chi connectivity index (χ0) is 15.9. The van der Waals surface area contributed by atoms with Crippen molar-refractivity contribution in [3.8, 4) is 0 Å². The predicted octanol–water partition coefficient (Wildman–Crippen LogP) is 5.33. The van der Waals surface area contributed by atoms with E-state index in [4.69, 9.17) is 23.2 Å². The van der Waals surface area contributed by atoms with Gasteiger partial charge in [-0.05, 0) is 42.5 Å². The predicted molar refractivity (Wildman–Crippen MR) is 90.5 cm³/mol. The van der Waals surface area contributed by atoms with Crippen molar-refractivity contribution < 1.29 is 9.90 Å². The maximum atomic E-state index is 11.3. The molecule has 112 valence electrons. The summed E-state index contributed by atoms with van der Waals surface area (Å²) in [5.74, 6) is -0.961. The average Bonchev–Trinajstić information content (AvgIpc) is 2.79. The minimum atomic E-state index is -0.961. The van der Waals surface area contributed by atoms with Gasteiger partial charge in [-0.1, -0.05) is 35.0 Å². The van der Waals surface area contributed by atoms with Gasteiger partial charge in [0.1, 0.15) is 5.69 Å². The molecule has 6 heteroatoms. The smallest absolute Gasteiger partial charge is 0.352 e. The van der Waals surface area contributed by atoms with Gasteiger partial charge >= 0.3 is 5.97 Å². The SMILES string of the molecule is Cn1c(C(=O)O)cc2c(Sc3ccc(Cl)cc3)cc(Cl)cc21. The second-order valence-electron chi connectivity index (χ2n) is 4.79. The van der Waals surface area contributed by atoms with Crippen LogP contribution in [-0.2, 0) is 7.05 Å². The number of hydrogen-bond acceptors (Lipinski definition) is 2. The number of halogens is 2. The highest BCUT2D eigenvalue weighted by Gasteiger charge is 2.15. The molecule has 0 saturated carbocycles. The van der Waals surface area contributed by atoms with Crippen LogP contribution in [0, 0.1) is 0 Å². The van der Waals surface area contributed by atoms with E-state index in [1.165, 1.54) is 11.8 Å². The maximum absolute atomic E-state index is 11.3. The van der Waals surface area contributed by atoms with Crippen molar-refractivity contribution in [2.45, 2.75) is 9.79 Å². The number of rotatable bonds is 3. The Hall–Kier alpha value is -1.62. The summed E-state index contributed by atoms with van der Waals surface area (Å²) >= 11 is 13.6. The van der Waals surface area contributed by atoms with E-state index < -0.39 is 5.97 Å². The van der Waals surface area contributed by atoms with Crippen LogP contribution in [0.1, 0.15) is 10.5 Å². The van der Waals surface area contributed by atoms with Gasteiger partial charge in [0, 0.05) is 32.3 Å². The summed E-state index contributed by atoms with van der Waals surface area (Å²) in [6.45, 7) is 0. The molecule has 0 aliphatic heterocycles. The van der Waals surface area contributed by atoms with Crippen LogP contribution in [0.5, 0.6) is 0 Å². The molecular weight excluding hydrogens is 341 g/mol. The fraction of sp³-hybridized carbons (Fsp3) is 0.0625. The van der Waals surface area contributed by atoms with Crippen LogP contribution < -0.4 is 0 Å². The molecule has 3 rings (SSSR count). The number of carboxylic acid groups (broad SMARTS) is 1. The summed E-state index contributed by atoms with van der Waals surface area (Å²) in [5, 5.41) is 11.4. The van der Waals surface area contributed by atoms with E-state index >= 15 is 0 Å². The minimum absolute atomic E-state index is 0.232. The van der Waals surface area contributed by atoms with Crippen molar-refractivity contribution in [3.05, 3.63) is 58.2 Å². The topological polar surface area (TPSA) is 42.2 Å². The molecule has 1 aromatic heterocycles. The van der Waals surface area contributed by atoms with E-state index in [0.717, 1.165) is 20.7 Å². The lowest BCUT2D eigenvalue weighted by atomic mass is 10.2. The quantitative estimate of drug-likeness (QED) is 0.692. The largest absolute Gasteiger partial charge is 0.477 e. The first-order valence-corrected chi connectivity index (χ1v) is 7.98. The summed E-state index contributed by atoms with van der Waals surface area (Å²) in [6, 6.07) is 12.8. The van der Waals surface area contributed by atoms with Crippen LogP contribution in [0.4, 0.5) is 0 Å². The molecule has 0 aliphatic rings. The van der Waals surface area contributed by atoms with Gasteiger partial charge in [-0.25, -0.2) is 4.79 Å². The van der Waals surface area contributed by atoms with Gasteiger partial charge < -0.3 is 9.67 Å². The summed E-state index contributed by atoms with van der Waals surface area (Å²) in [4.78, 5) is 13.2. The van der Waals surface area contributed by atoms with Gasteiger partial charge in [-0.3, -0.25) is 0 Å². The Bertz CT molecular complexity index is 872. The molecule has 0 fully saturated rings. The highest BCUT2D eigenvalue weighted by molar-refractivity contribution is 7.99. The van der Waals surface area contributed by atoms with Gasteiger partial charge in [0.25, 0.3) is 0 Å². The molecule has 0 aliphatic carbocycles. The Morgan fingerprint density at radius 2 is 1.77 bits per heavy atom. The van der Waals surface area contributed by atoms with Crippen molar-refractivity contribution in [3.63, 3.8) is 0 Å². The maximum Gasteiger partial charge on any atom is 0.352 e. The van der Waals surface area contributed by atoms with Crippen molar-refractivity contribution >= 4 is 51.8 Å². The van der Waals surface area contributed by atoms with Gasteiger partial charge in [-0.15, -0.1) is 0 Å². The van der Waals surface area contributed by atoms with E-state index in [0.29, 0.717) is 10.0 Å². The lowest BCUT2D eigenvalue weighted by Crippen LogP contribution is -2.03. The van der Waals surface area contributed by atoms with E-state index in [9.17, 15) is 9.90 Å². The fourth-order valence-corrected chi connectivity index (χ4v) is 3.67. The monoisotopic (exact) mass is 351 g/mol. The molecule has 3 aromatic rings. The molecule has 0 spiro atoms. The molecular formula is C16H11Cl2NO2S. The second kappa shape index (κ2) is 5.88. The number of nitrogens with zero attached hydrogens (tertiary/aromatic N) is 1. The van der Waals surface area contributed by atoms with E-state index in [1.54, 1.807) is 23.7 Å². The normalized spacial score (nSPS) is 11.0. The molecule has 1 heterocycles. The van der Waals surface area contributed by atoms with Gasteiger partial charge in [0.15, 0.2) is 0 Å². The third-order valence-electron chi connectivity index (χ3n) is 3.35. The molecule has 1 N–H and O–H groups in total. The van der Waals surface area contributed by atoms with Gasteiger partial charge in [0.2, 0.25) is 0 Å². The van der Waals surface area contributed by atoms with Gasteiger partial charge in [0.05, 0.1) is 5.52 Å². The van der Waals surface area contributed by atoms with Crippen LogP contribution in [-0.4, -0.2) is 15.6 Å². The summed E-state index contributed by atoms with van der Waals surface area (Å²) in [7, 11) is 1.72. The summed E-state index contributed by atoms with van der Waals surface area (Å²) in [6.07, 6.45) is 0. The minimum Gasteiger partial charge on any atom is -0.477 e. The van der Waals surface area contributed by atoms with Crippen molar-refractivity contribution in [1.82, 2.24) is 4.57 Å². The van der Waals surface area contributed by atoms with Crippen molar-refractivity contribution in [2.24, 2.45) is 7.05 Å². The Balaban J connectivity index is 2.14. The number of aryl methyl sites for hydroxylation is 1. The third kappa shape index (κ3) is 2.82. The molecule has 2 aromatic carbocycles. The first-order chi connectivity index (χ1) is 10.5. The molecule has 0 amide bonds. The highest BCUT2D eigenvalue weighted by Crippen LogP contribution is 2.37. The molecule has 0 radical (unpaired) electrons. The molecule has 3 nitrogen and oxygen atoms in total. The number of aromatic nitrogens is 1. The average molecular weight is 352 g/mol. The lowest BCUT2D eigenvalue weighted by Gasteiger charge is -2.06. The number of benzene rings is 2. The third-order valence-corrected chi connectivity index (χ3v) is 4.89. The molecule has 0 bridgehead atoms. The zero-order valence-electron chi connectivity index (χ0n) is 11.5. The zero-order valence-corrected chi connectivity index (χ0v) is 13.8. The van der Waals surface area contributed by atoms with Crippen LogP contribution >= 0.6 is 35.0 Å². The van der Waals surface area contributed by atoms with Crippen LogP contribution in [0.25, 0.3) is 10.9 Å².